The molecule has 0 radical (unpaired) electrons. The predicted molar refractivity (Wildman–Crippen MR) is 112 cm³/mol. The van der Waals surface area contributed by atoms with Gasteiger partial charge in [-0.2, -0.15) is 4.31 Å². The fraction of sp³-hybridized carbons (Fsp3) is 0.316. The van der Waals surface area contributed by atoms with Gasteiger partial charge < -0.3 is 14.4 Å². The molecule has 1 amide bonds. The first-order valence-corrected chi connectivity index (χ1v) is 11.0. The van der Waals surface area contributed by atoms with Crippen LogP contribution >= 0.6 is 11.6 Å². The normalized spacial score (nSPS) is 14.9. The van der Waals surface area contributed by atoms with Crippen LogP contribution in [0.15, 0.2) is 41.3 Å². The standard InChI is InChI=1S/C19H20ClN3O7S/c1-29-16-5-3-13(11-17(16)30-2)19(24)21-7-9-22(10-8-21)31(27,28)18-6-4-14(20)12-15(18)23(25)26/h3-6,11-12H,7-10H2,1-2H3. The lowest BCUT2D eigenvalue weighted by atomic mass is 10.1. The van der Waals surface area contributed by atoms with Gasteiger partial charge in [0.1, 0.15) is 0 Å². The number of carbonyl (C=O) groups is 1. The van der Waals surface area contributed by atoms with Gasteiger partial charge in [-0.3, -0.25) is 14.9 Å². The zero-order valence-electron chi connectivity index (χ0n) is 16.8. The summed E-state index contributed by atoms with van der Waals surface area (Å²) in [6.07, 6.45) is 0. The molecule has 0 aliphatic carbocycles. The number of nitro benzene ring substituents is 1. The number of amides is 1. The third-order valence-corrected chi connectivity index (χ3v) is 7.07. The summed E-state index contributed by atoms with van der Waals surface area (Å²) in [7, 11) is -1.18. The van der Waals surface area contributed by atoms with Crippen molar-refractivity contribution in [3.63, 3.8) is 0 Å². The average Bonchev–Trinajstić information content (AvgIpc) is 2.77. The quantitative estimate of drug-likeness (QED) is 0.470. The zero-order valence-corrected chi connectivity index (χ0v) is 18.4. The second-order valence-corrected chi connectivity index (χ2v) is 8.98. The van der Waals surface area contributed by atoms with E-state index in [1.807, 2.05) is 0 Å². The molecule has 1 heterocycles. The van der Waals surface area contributed by atoms with E-state index in [1.54, 1.807) is 18.2 Å². The van der Waals surface area contributed by atoms with E-state index >= 15 is 0 Å². The van der Waals surface area contributed by atoms with Crippen LogP contribution in [-0.4, -0.2) is 68.9 Å². The van der Waals surface area contributed by atoms with Gasteiger partial charge in [0, 0.05) is 42.8 Å². The van der Waals surface area contributed by atoms with E-state index in [0.717, 1.165) is 16.4 Å². The van der Waals surface area contributed by atoms with Crippen LogP contribution in [0.3, 0.4) is 0 Å². The van der Waals surface area contributed by atoms with Crippen molar-refractivity contribution >= 4 is 33.2 Å². The van der Waals surface area contributed by atoms with Gasteiger partial charge in [-0.25, -0.2) is 8.42 Å². The van der Waals surface area contributed by atoms with E-state index < -0.39 is 25.5 Å². The molecule has 1 aliphatic heterocycles. The number of benzene rings is 2. The summed E-state index contributed by atoms with van der Waals surface area (Å²) < 4.78 is 37.4. The summed E-state index contributed by atoms with van der Waals surface area (Å²) in [4.78, 5) is 24.4. The van der Waals surface area contributed by atoms with Crippen LogP contribution in [0.5, 0.6) is 11.5 Å². The van der Waals surface area contributed by atoms with Crippen molar-refractivity contribution in [2.45, 2.75) is 4.90 Å². The third kappa shape index (κ3) is 4.58. The largest absolute Gasteiger partial charge is 0.493 e. The molecular weight excluding hydrogens is 450 g/mol. The average molecular weight is 470 g/mol. The van der Waals surface area contributed by atoms with E-state index in [1.165, 1.54) is 25.2 Å². The number of nitro groups is 1. The monoisotopic (exact) mass is 469 g/mol. The number of carbonyl (C=O) groups excluding carboxylic acids is 1. The Balaban J connectivity index is 1.76. The van der Waals surface area contributed by atoms with E-state index in [-0.39, 0.29) is 37.1 Å². The molecule has 0 spiro atoms. The van der Waals surface area contributed by atoms with Crippen LogP contribution in [-0.2, 0) is 10.0 Å². The Kier molecular flexibility index (Phi) is 6.68. The molecule has 3 rings (SSSR count). The summed E-state index contributed by atoms with van der Waals surface area (Å²) in [5.41, 5.74) is -0.210. The van der Waals surface area contributed by atoms with Gasteiger partial charge in [-0.15, -0.1) is 0 Å². The van der Waals surface area contributed by atoms with Gasteiger partial charge in [0.25, 0.3) is 11.6 Å². The minimum Gasteiger partial charge on any atom is -0.493 e. The van der Waals surface area contributed by atoms with Gasteiger partial charge in [0.15, 0.2) is 16.4 Å². The molecule has 31 heavy (non-hydrogen) atoms. The van der Waals surface area contributed by atoms with Gasteiger partial charge >= 0.3 is 0 Å². The second-order valence-electron chi connectivity index (χ2n) is 6.64. The maximum Gasteiger partial charge on any atom is 0.290 e. The number of hydrogen-bond acceptors (Lipinski definition) is 7. The highest BCUT2D eigenvalue weighted by molar-refractivity contribution is 7.89. The summed E-state index contributed by atoms with van der Waals surface area (Å²) >= 11 is 5.78. The Morgan fingerprint density at radius 2 is 1.68 bits per heavy atom. The Bertz CT molecular complexity index is 1120. The summed E-state index contributed by atoms with van der Waals surface area (Å²) in [6.45, 7) is 0.268. The zero-order chi connectivity index (χ0) is 22.8. The van der Waals surface area contributed by atoms with Crippen molar-refractivity contribution < 1.29 is 27.6 Å². The minimum atomic E-state index is -4.13. The van der Waals surface area contributed by atoms with Crippen LogP contribution in [0, 0.1) is 10.1 Å². The first-order chi connectivity index (χ1) is 14.7. The van der Waals surface area contributed by atoms with Crippen molar-refractivity contribution in [3.05, 3.63) is 57.1 Å². The maximum atomic E-state index is 13.0. The minimum absolute atomic E-state index is 0.00113. The molecule has 0 saturated carbocycles. The first-order valence-electron chi connectivity index (χ1n) is 9.14. The molecule has 166 valence electrons. The van der Waals surface area contributed by atoms with Crippen molar-refractivity contribution in [2.75, 3.05) is 40.4 Å². The van der Waals surface area contributed by atoms with E-state index in [2.05, 4.69) is 0 Å². The fourth-order valence-corrected chi connectivity index (χ4v) is 5.00. The lowest BCUT2D eigenvalue weighted by Crippen LogP contribution is -2.50. The molecule has 12 heteroatoms. The molecule has 2 aromatic rings. The summed E-state index contributed by atoms with van der Waals surface area (Å²) in [5, 5.41) is 11.4. The number of rotatable bonds is 6. The molecule has 1 aliphatic rings. The maximum absolute atomic E-state index is 13.0. The molecule has 0 unspecified atom stereocenters. The highest BCUT2D eigenvalue weighted by Crippen LogP contribution is 2.31. The third-order valence-electron chi connectivity index (χ3n) is 4.89. The Hall–Kier alpha value is -2.89. The lowest BCUT2D eigenvalue weighted by molar-refractivity contribution is -0.387. The molecule has 0 bridgehead atoms. The number of ether oxygens (including phenoxy) is 2. The molecule has 0 aromatic heterocycles. The number of halogens is 1. The van der Waals surface area contributed by atoms with Crippen LogP contribution < -0.4 is 9.47 Å². The van der Waals surface area contributed by atoms with Crippen LogP contribution in [0.4, 0.5) is 5.69 Å². The molecule has 0 N–H and O–H groups in total. The molecule has 0 atom stereocenters. The first kappa shape index (κ1) is 22.8. The molecule has 10 nitrogen and oxygen atoms in total. The van der Waals surface area contributed by atoms with Crippen LogP contribution in [0.25, 0.3) is 0 Å². The highest BCUT2D eigenvalue weighted by Gasteiger charge is 2.35. The van der Waals surface area contributed by atoms with Crippen LogP contribution in [0.2, 0.25) is 5.02 Å². The van der Waals surface area contributed by atoms with Gasteiger partial charge in [0.2, 0.25) is 10.0 Å². The summed E-state index contributed by atoms with van der Waals surface area (Å²) in [6, 6.07) is 8.19. The topological polar surface area (TPSA) is 119 Å². The molecule has 2 aromatic carbocycles. The smallest absolute Gasteiger partial charge is 0.290 e. The number of sulfonamides is 1. The second kappa shape index (κ2) is 9.08. The summed E-state index contributed by atoms with van der Waals surface area (Å²) in [5.74, 6) is 0.611. The van der Waals surface area contributed by atoms with Crippen molar-refractivity contribution in [3.8, 4) is 11.5 Å². The lowest BCUT2D eigenvalue weighted by Gasteiger charge is -2.34. The van der Waals surface area contributed by atoms with Gasteiger partial charge in [0.05, 0.1) is 19.1 Å². The fourth-order valence-electron chi connectivity index (χ4n) is 3.27. The van der Waals surface area contributed by atoms with Crippen molar-refractivity contribution in [2.24, 2.45) is 0 Å². The number of hydrogen-bond donors (Lipinski definition) is 0. The van der Waals surface area contributed by atoms with E-state index in [9.17, 15) is 23.3 Å². The highest BCUT2D eigenvalue weighted by atomic mass is 35.5. The Morgan fingerprint density at radius 3 is 2.26 bits per heavy atom. The van der Waals surface area contributed by atoms with Crippen molar-refractivity contribution in [1.29, 1.82) is 0 Å². The number of piperazine rings is 1. The SMILES string of the molecule is COc1ccc(C(=O)N2CCN(S(=O)(=O)c3ccc(Cl)cc3[N+](=O)[O-])CC2)cc1OC. The Labute approximate surface area is 184 Å². The van der Waals surface area contributed by atoms with E-state index in [4.69, 9.17) is 21.1 Å². The van der Waals surface area contributed by atoms with E-state index in [0.29, 0.717) is 17.1 Å². The van der Waals surface area contributed by atoms with Gasteiger partial charge in [-0.1, -0.05) is 11.6 Å². The molecule has 1 saturated heterocycles. The van der Waals surface area contributed by atoms with Crippen LogP contribution in [0.1, 0.15) is 10.4 Å². The predicted octanol–water partition coefficient (Wildman–Crippen LogP) is 2.41. The van der Waals surface area contributed by atoms with Crippen molar-refractivity contribution in [1.82, 2.24) is 9.21 Å². The number of methoxy groups -OCH3 is 2. The van der Waals surface area contributed by atoms with Gasteiger partial charge in [-0.05, 0) is 30.3 Å². The molecule has 1 fully saturated rings. The number of nitrogens with zero attached hydrogens (tertiary/aromatic N) is 3. The Morgan fingerprint density at radius 1 is 1.03 bits per heavy atom. The molecular formula is C19H20ClN3O7S.